The molecule has 24 heavy (non-hydrogen) atoms. The van der Waals surface area contributed by atoms with E-state index in [1.165, 1.54) is 11.0 Å². The van der Waals surface area contributed by atoms with Crippen molar-refractivity contribution in [1.29, 1.82) is 0 Å². The van der Waals surface area contributed by atoms with Crippen molar-refractivity contribution in [3.63, 3.8) is 0 Å². The van der Waals surface area contributed by atoms with E-state index in [2.05, 4.69) is 30.4 Å². The van der Waals surface area contributed by atoms with Crippen molar-refractivity contribution in [2.75, 3.05) is 11.1 Å². The van der Waals surface area contributed by atoms with Crippen molar-refractivity contribution in [2.45, 2.75) is 6.54 Å². The molecule has 3 aromatic heterocycles. The van der Waals surface area contributed by atoms with Crippen LogP contribution in [0.15, 0.2) is 43.1 Å². The summed E-state index contributed by atoms with van der Waals surface area (Å²) >= 11 is 0. The number of nitrogen functional groups attached to an aromatic ring is 1. The van der Waals surface area contributed by atoms with E-state index in [4.69, 9.17) is 5.73 Å². The van der Waals surface area contributed by atoms with Crippen LogP contribution in [0.4, 0.5) is 11.6 Å². The fourth-order valence-corrected chi connectivity index (χ4v) is 2.38. The lowest BCUT2D eigenvalue weighted by Gasteiger charge is -2.07. The van der Waals surface area contributed by atoms with Crippen LogP contribution in [0.2, 0.25) is 0 Å². The van der Waals surface area contributed by atoms with E-state index < -0.39 is 0 Å². The van der Waals surface area contributed by atoms with Gasteiger partial charge < -0.3 is 11.1 Å². The number of nitrogens with two attached hydrogens (primary N) is 1. The van der Waals surface area contributed by atoms with E-state index >= 15 is 0 Å². The fraction of sp³-hybridized carbons (Fsp3) is 0.0667. The Kier molecular flexibility index (Phi) is 3.23. The number of benzene rings is 1. The minimum Gasteiger partial charge on any atom is -0.368 e. The zero-order valence-electron chi connectivity index (χ0n) is 12.4. The van der Waals surface area contributed by atoms with Crippen molar-refractivity contribution in [3.05, 3.63) is 43.1 Å². The number of anilines is 2. The first kappa shape index (κ1) is 14.0. The maximum atomic E-state index is 12.3. The summed E-state index contributed by atoms with van der Waals surface area (Å²) in [6.45, 7) is 0.0156. The van der Waals surface area contributed by atoms with Gasteiger partial charge in [-0.05, 0) is 18.2 Å². The van der Waals surface area contributed by atoms with Crippen LogP contribution in [0.25, 0.3) is 21.9 Å². The second-order valence-corrected chi connectivity index (χ2v) is 5.15. The third-order valence-electron chi connectivity index (χ3n) is 3.48. The van der Waals surface area contributed by atoms with Crippen molar-refractivity contribution in [3.8, 4) is 0 Å². The molecule has 0 radical (unpaired) electrons. The van der Waals surface area contributed by atoms with Crippen LogP contribution < -0.4 is 11.1 Å². The van der Waals surface area contributed by atoms with Gasteiger partial charge in [0.05, 0.1) is 17.1 Å². The van der Waals surface area contributed by atoms with Gasteiger partial charge in [0.15, 0.2) is 5.65 Å². The second-order valence-electron chi connectivity index (χ2n) is 5.15. The van der Waals surface area contributed by atoms with E-state index in [1.807, 2.05) is 6.07 Å². The number of carbonyl (C=O) groups is 1. The van der Waals surface area contributed by atoms with Gasteiger partial charge in [-0.3, -0.25) is 4.79 Å². The van der Waals surface area contributed by atoms with Gasteiger partial charge in [0.1, 0.15) is 12.9 Å². The Morgan fingerprint density at radius 1 is 1.17 bits per heavy atom. The van der Waals surface area contributed by atoms with Crippen molar-refractivity contribution >= 4 is 39.5 Å². The van der Waals surface area contributed by atoms with Crippen LogP contribution >= 0.6 is 0 Å². The number of hydrogen-bond acceptors (Lipinski definition) is 7. The molecule has 0 atom stereocenters. The first-order valence-corrected chi connectivity index (χ1v) is 7.13. The van der Waals surface area contributed by atoms with E-state index in [9.17, 15) is 4.79 Å². The van der Waals surface area contributed by atoms with Crippen LogP contribution in [-0.2, 0) is 11.3 Å². The first-order chi connectivity index (χ1) is 11.7. The molecular formula is C15H12N8O. The highest BCUT2D eigenvalue weighted by molar-refractivity contribution is 5.93. The third kappa shape index (κ3) is 2.58. The smallest absolute Gasteiger partial charge is 0.246 e. The lowest BCUT2D eigenvalue weighted by Crippen LogP contribution is -2.19. The van der Waals surface area contributed by atoms with Gasteiger partial charge in [0.25, 0.3) is 0 Å². The minimum atomic E-state index is -0.231. The zero-order valence-corrected chi connectivity index (χ0v) is 12.4. The van der Waals surface area contributed by atoms with Gasteiger partial charge in [-0.2, -0.15) is 10.1 Å². The lowest BCUT2D eigenvalue weighted by molar-refractivity contribution is -0.116. The molecule has 1 aromatic carbocycles. The van der Waals surface area contributed by atoms with Crippen molar-refractivity contribution in [2.24, 2.45) is 0 Å². The summed E-state index contributed by atoms with van der Waals surface area (Å²) in [4.78, 5) is 28.4. The molecule has 0 spiro atoms. The van der Waals surface area contributed by atoms with E-state index in [1.54, 1.807) is 30.7 Å². The van der Waals surface area contributed by atoms with Gasteiger partial charge in [-0.15, -0.1) is 0 Å². The van der Waals surface area contributed by atoms with Gasteiger partial charge in [0.2, 0.25) is 11.9 Å². The van der Waals surface area contributed by atoms with Gasteiger partial charge in [-0.1, -0.05) is 0 Å². The molecule has 3 N–H and O–H groups in total. The molecule has 118 valence electrons. The second kappa shape index (κ2) is 5.54. The number of fused-ring (bicyclic) bond motifs is 2. The summed E-state index contributed by atoms with van der Waals surface area (Å²) in [6, 6.07) is 5.43. The van der Waals surface area contributed by atoms with E-state index in [-0.39, 0.29) is 18.4 Å². The number of nitrogens with zero attached hydrogens (tertiary/aromatic N) is 6. The predicted molar refractivity (Wildman–Crippen MR) is 87.9 cm³/mol. The number of carbonyl (C=O) groups excluding carboxylic acids is 1. The summed E-state index contributed by atoms with van der Waals surface area (Å²) in [5, 5.41) is 8.59. The summed E-state index contributed by atoms with van der Waals surface area (Å²) < 4.78 is 1.48. The number of amides is 1. The molecule has 9 nitrogen and oxygen atoms in total. The SMILES string of the molecule is Nc1ncc2cnn(CC(=O)Nc3ccc4cncnc4c3)c2n1. The van der Waals surface area contributed by atoms with Crippen LogP contribution in [0.5, 0.6) is 0 Å². The van der Waals surface area contributed by atoms with Crippen LogP contribution in [0.3, 0.4) is 0 Å². The molecule has 0 saturated carbocycles. The fourth-order valence-electron chi connectivity index (χ4n) is 2.38. The quantitative estimate of drug-likeness (QED) is 0.576. The number of aromatic nitrogens is 6. The highest BCUT2D eigenvalue weighted by Crippen LogP contribution is 2.16. The molecule has 3 heterocycles. The molecule has 1 amide bonds. The maximum Gasteiger partial charge on any atom is 0.246 e. The van der Waals surface area contributed by atoms with Crippen LogP contribution in [-0.4, -0.2) is 35.6 Å². The molecule has 0 fully saturated rings. The third-order valence-corrected chi connectivity index (χ3v) is 3.48. The monoisotopic (exact) mass is 320 g/mol. The average Bonchev–Trinajstić information content (AvgIpc) is 2.97. The molecule has 0 unspecified atom stereocenters. The predicted octanol–water partition coefficient (Wildman–Crippen LogP) is 0.990. The first-order valence-electron chi connectivity index (χ1n) is 7.13. The molecule has 0 saturated heterocycles. The molecule has 9 heteroatoms. The van der Waals surface area contributed by atoms with Gasteiger partial charge in [0, 0.05) is 23.5 Å². The summed E-state index contributed by atoms with van der Waals surface area (Å²) in [7, 11) is 0. The van der Waals surface area contributed by atoms with Crippen molar-refractivity contribution in [1.82, 2.24) is 29.7 Å². The highest BCUT2D eigenvalue weighted by Gasteiger charge is 2.10. The zero-order chi connectivity index (χ0) is 16.5. The molecule has 4 aromatic rings. The van der Waals surface area contributed by atoms with Gasteiger partial charge in [-0.25, -0.2) is 19.6 Å². The topological polar surface area (TPSA) is 124 Å². The standard InChI is InChI=1S/C15H12N8O/c16-15-18-5-10-6-20-23(14(10)22-15)7-13(24)21-11-2-1-9-4-17-8-19-12(9)3-11/h1-6,8H,7H2,(H,21,24)(H2,16,18,22). The Labute approximate surface area is 135 Å². The van der Waals surface area contributed by atoms with Gasteiger partial charge >= 0.3 is 0 Å². The number of rotatable bonds is 3. The Bertz CT molecular complexity index is 1060. The summed E-state index contributed by atoms with van der Waals surface area (Å²) in [5.74, 6) is -0.0931. The Morgan fingerprint density at radius 3 is 3.00 bits per heavy atom. The Morgan fingerprint density at radius 2 is 2.08 bits per heavy atom. The number of nitrogens with one attached hydrogen (secondary N) is 1. The summed E-state index contributed by atoms with van der Waals surface area (Å²) in [6.07, 6.45) is 6.35. The normalized spacial score (nSPS) is 11.0. The van der Waals surface area contributed by atoms with Crippen LogP contribution in [0, 0.1) is 0 Å². The average molecular weight is 320 g/mol. The maximum absolute atomic E-state index is 12.3. The van der Waals surface area contributed by atoms with Crippen molar-refractivity contribution < 1.29 is 4.79 Å². The largest absolute Gasteiger partial charge is 0.368 e. The highest BCUT2D eigenvalue weighted by atomic mass is 16.2. The molecule has 0 aliphatic rings. The summed E-state index contributed by atoms with van der Waals surface area (Å²) in [5.41, 5.74) is 7.51. The lowest BCUT2D eigenvalue weighted by atomic mass is 10.2. The van der Waals surface area contributed by atoms with E-state index in [0.29, 0.717) is 11.3 Å². The Balaban J connectivity index is 1.55. The van der Waals surface area contributed by atoms with Crippen LogP contribution in [0.1, 0.15) is 0 Å². The van der Waals surface area contributed by atoms with E-state index in [0.717, 1.165) is 16.3 Å². The number of hydrogen-bond donors (Lipinski definition) is 2. The molecule has 4 rings (SSSR count). The Hall–Kier alpha value is -3.62. The molecule has 0 aliphatic carbocycles. The molecular weight excluding hydrogens is 308 g/mol. The molecule has 0 aliphatic heterocycles. The molecule has 0 bridgehead atoms. The minimum absolute atomic E-state index is 0.0156.